The summed E-state index contributed by atoms with van der Waals surface area (Å²) in [4.78, 5) is 2.19. The highest BCUT2D eigenvalue weighted by Crippen LogP contribution is 2.29. The van der Waals surface area contributed by atoms with Crippen LogP contribution >= 0.6 is 15.9 Å². The van der Waals surface area contributed by atoms with Crippen LogP contribution in [-0.2, 0) is 0 Å². The Morgan fingerprint density at radius 2 is 2.21 bits per heavy atom. The van der Waals surface area contributed by atoms with E-state index in [9.17, 15) is 0 Å². The van der Waals surface area contributed by atoms with E-state index < -0.39 is 0 Å². The number of halogens is 1. The van der Waals surface area contributed by atoms with Gasteiger partial charge in [0.2, 0.25) is 0 Å². The molecule has 0 spiro atoms. The van der Waals surface area contributed by atoms with Crippen molar-refractivity contribution in [3.63, 3.8) is 0 Å². The Labute approximate surface area is 91.2 Å². The van der Waals surface area contributed by atoms with Crippen LogP contribution in [0, 0.1) is 11.3 Å². The smallest absolute Gasteiger partial charge is 0.0992 e. The molecule has 0 bridgehead atoms. The number of hydrogen-bond acceptors (Lipinski definition) is 3. The quantitative estimate of drug-likeness (QED) is 0.823. The van der Waals surface area contributed by atoms with E-state index in [0.29, 0.717) is 5.56 Å². The average molecular weight is 252 g/mol. The zero-order valence-corrected chi connectivity index (χ0v) is 9.16. The van der Waals surface area contributed by atoms with Crippen molar-refractivity contribution in [2.75, 3.05) is 18.0 Å². The van der Waals surface area contributed by atoms with E-state index >= 15 is 0 Å². The summed E-state index contributed by atoms with van der Waals surface area (Å²) in [5.74, 6) is 0. The third-order valence-corrected chi connectivity index (χ3v) is 2.96. The monoisotopic (exact) mass is 251 g/mol. The number of hydrogen-bond donors (Lipinski definition) is 1. The molecule has 1 aromatic rings. The molecule has 1 aliphatic heterocycles. The normalized spacial score (nSPS) is 16.2. The molecule has 0 saturated carbocycles. The second kappa shape index (κ2) is 3.60. The molecule has 2 N–H and O–H groups in total. The van der Waals surface area contributed by atoms with Crippen molar-refractivity contribution < 1.29 is 0 Å². The van der Waals surface area contributed by atoms with Crippen molar-refractivity contribution in [2.24, 2.45) is 5.73 Å². The van der Waals surface area contributed by atoms with Crippen LogP contribution in [0.3, 0.4) is 0 Å². The largest absolute Gasteiger partial charge is 0.367 e. The fourth-order valence-electron chi connectivity index (χ4n) is 1.54. The lowest BCUT2D eigenvalue weighted by atomic mass is 10.1. The summed E-state index contributed by atoms with van der Waals surface area (Å²) in [6.07, 6.45) is 0. The number of benzene rings is 1. The Kier molecular flexibility index (Phi) is 2.44. The second-order valence-electron chi connectivity index (χ2n) is 3.44. The van der Waals surface area contributed by atoms with Crippen LogP contribution in [0.1, 0.15) is 5.56 Å². The molecule has 1 aromatic carbocycles. The van der Waals surface area contributed by atoms with E-state index in [4.69, 9.17) is 11.0 Å². The maximum Gasteiger partial charge on any atom is 0.0992 e. The van der Waals surface area contributed by atoms with Gasteiger partial charge in [-0.3, -0.25) is 0 Å². The van der Waals surface area contributed by atoms with Gasteiger partial charge in [0.25, 0.3) is 0 Å². The highest BCUT2D eigenvalue weighted by molar-refractivity contribution is 9.10. The summed E-state index contributed by atoms with van der Waals surface area (Å²) in [5.41, 5.74) is 7.49. The van der Waals surface area contributed by atoms with Crippen LogP contribution in [0.5, 0.6) is 0 Å². The predicted molar refractivity (Wildman–Crippen MR) is 59.0 cm³/mol. The molecular formula is C10H10BrN3. The summed E-state index contributed by atoms with van der Waals surface area (Å²) in [6.45, 7) is 1.79. The molecule has 0 atom stereocenters. The van der Waals surface area contributed by atoms with Gasteiger partial charge in [0.05, 0.1) is 17.3 Å². The fourth-order valence-corrected chi connectivity index (χ4v) is 2.17. The van der Waals surface area contributed by atoms with E-state index in [-0.39, 0.29) is 6.04 Å². The van der Waals surface area contributed by atoms with Crippen molar-refractivity contribution in [3.8, 4) is 6.07 Å². The van der Waals surface area contributed by atoms with Gasteiger partial charge in [0, 0.05) is 23.6 Å². The van der Waals surface area contributed by atoms with Crippen LogP contribution in [-0.4, -0.2) is 19.1 Å². The van der Waals surface area contributed by atoms with Crippen LogP contribution in [0.15, 0.2) is 22.7 Å². The van der Waals surface area contributed by atoms with Gasteiger partial charge in [-0.2, -0.15) is 5.26 Å². The lowest BCUT2D eigenvalue weighted by Crippen LogP contribution is -2.56. The van der Waals surface area contributed by atoms with Crippen LogP contribution in [0.2, 0.25) is 0 Å². The lowest BCUT2D eigenvalue weighted by Gasteiger charge is -2.39. The molecule has 2 rings (SSSR count). The fraction of sp³-hybridized carbons (Fsp3) is 0.300. The first-order valence-corrected chi connectivity index (χ1v) is 5.20. The van der Waals surface area contributed by atoms with Crippen molar-refractivity contribution >= 4 is 21.6 Å². The number of nitriles is 1. The van der Waals surface area contributed by atoms with E-state index in [1.165, 1.54) is 0 Å². The Balaban J connectivity index is 2.24. The SMILES string of the molecule is N#Cc1ccc(N2CC(N)C2)c(Br)c1. The van der Waals surface area contributed by atoms with E-state index in [1.54, 1.807) is 0 Å². The molecule has 0 amide bonds. The van der Waals surface area contributed by atoms with E-state index in [0.717, 1.165) is 23.2 Å². The van der Waals surface area contributed by atoms with E-state index in [2.05, 4.69) is 26.9 Å². The standard InChI is InChI=1S/C10H10BrN3/c11-9-3-7(4-12)1-2-10(9)14-5-8(13)6-14/h1-3,8H,5-6,13H2. The molecule has 4 heteroatoms. The number of nitrogens with zero attached hydrogens (tertiary/aromatic N) is 2. The van der Waals surface area contributed by atoms with Gasteiger partial charge in [-0.05, 0) is 34.1 Å². The molecule has 0 unspecified atom stereocenters. The Hall–Kier alpha value is -1.05. The maximum absolute atomic E-state index is 8.70. The first-order valence-electron chi connectivity index (χ1n) is 4.41. The molecule has 0 aromatic heterocycles. The molecule has 72 valence electrons. The van der Waals surface area contributed by atoms with Crippen LogP contribution in [0.25, 0.3) is 0 Å². The van der Waals surface area contributed by atoms with Gasteiger partial charge >= 0.3 is 0 Å². The topological polar surface area (TPSA) is 53.0 Å². The van der Waals surface area contributed by atoms with Crippen molar-refractivity contribution in [2.45, 2.75) is 6.04 Å². The minimum absolute atomic E-state index is 0.289. The zero-order chi connectivity index (χ0) is 10.1. The minimum atomic E-state index is 0.289. The molecule has 0 aliphatic carbocycles. The molecule has 3 nitrogen and oxygen atoms in total. The van der Waals surface area contributed by atoms with Gasteiger partial charge in [-0.15, -0.1) is 0 Å². The summed E-state index contributed by atoms with van der Waals surface area (Å²) < 4.78 is 0.962. The second-order valence-corrected chi connectivity index (χ2v) is 4.30. The predicted octanol–water partition coefficient (Wildman–Crippen LogP) is 1.47. The Morgan fingerprint density at radius 3 is 2.71 bits per heavy atom. The third-order valence-electron chi connectivity index (χ3n) is 2.33. The lowest BCUT2D eigenvalue weighted by molar-refractivity contribution is 0.519. The van der Waals surface area contributed by atoms with Crippen molar-refractivity contribution in [1.82, 2.24) is 0 Å². The van der Waals surface area contributed by atoms with Crippen molar-refractivity contribution in [3.05, 3.63) is 28.2 Å². The molecule has 1 fully saturated rings. The molecular weight excluding hydrogens is 242 g/mol. The zero-order valence-electron chi connectivity index (χ0n) is 7.57. The van der Waals surface area contributed by atoms with Crippen LogP contribution < -0.4 is 10.6 Å². The summed E-state index contributed by atoms with van der Waals surface area (Å²) >= 11 is 3.45. The first kappa shape index (κ1) is 9.50. The van der Waals surface area contributed by atoms with Gasteiger partial charge in [-0.1, -0.05) is 0 Å². The Morgan fingerprint density at radius 1 is 1.50 bits per heavy atom. The minimum Gasteiger partial charge on any atom is -0.367 e. The molecule has 14 heavy (non-hydrogen) atoms. The van der Waals surface area contributed by atoms with Gasteiger partial charge in [0.15, 0.2) is 0 Å². The summed E-state index contributed by atoms with van der Waals surface area (Å²) in [7, 11) is 0. The highest BCUT2D eigenvalue weighted by Gasteiger charge is 2.24. The summed E-state index contributed by atoms with van der Waals surface area (Å²) in [6, 6.07) is 8.00. The third kappa shape index (κ3) is 1.61. The van der Waals surface area contributed by atoms with Crippen LogP contribution in [0.4, 0.5) is 5.69 Å². The Bertz CT molecular complexity index is 391. The van der Waals surface area contributed by atoms with Gasteiger partial charge < -0.3 is 10.6 Å². The number of nitrogens with two attached hydrogens (primary N) is 1. The molecule has 0 radical (unpaired) electrons. The number of anilines is 1. The van der Waals surface area contributed by atoms with E-state index in [1.807, 2.05) is 18.2 Å². The first-order chi connectivity index (χ1) is 6.70. The van der Waals surface area contributed by atoms with Crippen molar-refractivity contribution in [1.29, 1.82) is 5.26 Å². The molecule has 1 aliphatic rings. The van der Waals surface area contributed by atoms with Gasteiger partial charge in [0.1, 0.15) is 0 Å². The molecule has 1 heterocycles. The summed E-state index contributed by atoms with van der Waals surface area (Å²) in [5, 5.41) is 8.70. The number of rotatable bonds is 1. The maximum atomic E-state index is 8.70. The highest BCUT2D eigenvalue weighted by atomic mass is 79.9. The average Bonchev–Trinajstić information content (AvgIpc) is 2.13. The molecule has 1 saturated heterocycles. The van der Waals surface area contributed by atoms with Gasteiger partial charge in [-0.25, -0.2) is 0 Å².